The lowest BCUT2D eigenvalue weighted by atomic mass is 9.73. The van der Waals surface area contributed by atoms with Crippen LogP contribution in [0.5, 0.6) is 0 Å². The van der Waals surface area contributed by atoms with Gasteiger partial charge in [0, 0.05) is 28.4 Å². The van der Waals surface area contributed by atoms with Crippen molar-refractivity contribution in [3.8, 4) is 0 Å². The molecule has 6 nitrogen and oxygen atoms in total. The van der Waals surface area contributed by atoms with E-state index in [9.17, 15) is 9.59 Å². The fraction of sp³-hybridized carbons (Fsp3) is 0.296. The normalized spacial score (nSPS) is 18.7. The summed E-state index contributed by atoms with van der Waals surface area (Å²) in [7, 11) is 0. The van der Waals surface area contributed by atoms with Crippen LogP contribution in [0.15, 0.2) is 59.9 Å². The largest absolute Gasteiger partial charge is 0.343 e. The van der Waals surface area contributed by atoms with Gasteiger partial charge in [-0.25, -0.2) is 4.68 Å². The Kier molecular flexibility index (Phi) is 5.36. The van der Waals surface area contributed by atoms with E-state index in [4.69, 9.17) is 11.6 Å². The van der Waals surface area contributed by atoms with E-state index < -0.39 is 6.04 Å². The van der Waals surface area contributed by atoms with E-state index in [2.05, 4.69) is 29.6 Å². The number of anilines is 2. The molecule has 0 radical (unpaired) electrons. The number of aryl methyl sites for hydroxylation is 2. The highest BCUT2D eigenvalue weighted by atomic mass is 35.5. The summed E-state index contributed by atoms with van der Waals surface area (Å²) < 4.78 is 1.71. The first-order valence-corrected chi connectivity index (χ1v) is 11.8. The van der Waals surface area contributed by atoms with Crippen molar-refractivity contribution in [2.24, 2.45) is 5.41 Å². The quantitative estimate of drug-likeness (QED) is 0.483. The molecule has 174 valence electrons. The number of fused-ring (bicyclic) bond motifs is 1. The third-order valence-corrected chi connectivity index (χ3v) is 7.06. The van der Waals surface area contributed by atoms with Crippen molar-refractivity contribution >= 4 is 34.8 Å². The fourth-order valence-electron chi connectivity index (χ4n) is 4.88. The van der Waals surface area contributed by atoms with Crippen molar-refractivity contribution in [3.63, 3.8) is 0 Å². The van der Waals surface area contributed by atoms with Crippen LogP contribution in [0.3, 0.4) is 0 Å². The minimum Gasteiger partial charge on any atom is -0.343 e. The Labute approximate surface area is 204 Å². The number of rotatable bonds is 3. The molecule has 5 rings (SSSR count). The first-order chi connectivity index (χ1) is 16.1. The minimum absolute atomic E-state index is 0.0750. The van der Waals surface area contributed by atoms with Gasteiger partial charge in [0.2, 0.25) is 0 Å². The molecule has 0 saturated carbocycles. The van der Waals surface area contributed by atoms with Crippen LogP contribution in [0.25, 0.3) is 0 Å². The number of hydrogen-bond acceptors (Lipinski definition) is 4. The highest BCUT2D eigenvalue weighted by Crippen LogP contribution is 2.47. The predicted molar refractivity (Wildman–Crippen MR) is 134 cm³/mol. The first kappa shape index (κ1) is 22.4. The van der Waals surface area contributed by atoms with Gasteiger partial charge in [0.25, 0.3) is 5.91 Å². The third-order valence-electron chi connectivity index (χ3n) is 6.71. The van der Waals surface area contributed by atoms with E-state index in [-0.39, 0.29) is 17.1 Å². The van der Waals surface area contributed by atoms with E-state index in [1.54, 1.807) is 10.9 Å². The molecule has 1 aliphatic heterocycles. The zero-order chi connectivity index (χ0) is 24.2. The summed E-state index contributed by atoms with van der Waals surface area (Å²) in [5, 5.41) is 11.5. The van der Waals surface area contributed by atoms with Gasteiger partial charge in [0.1, 0.15) is 17.4 Å². The van der Waals surface area contributed by atoms with Gasteiger partial charge in [-0.15, -0.1) is 0 Å². The smallest absolute Gasteiger partial charge is 0.261 e. The lowest BCUT2D eigenvalue weighted by molar-refractivity contribution is -0.118. The van der Waals surface area contributed by atoms with Crippen LogP contribution in [-0.4, -0.2) is 21.5 Å². The average molecular weight is 475 g/mol. The van der Waals surface area contributed by atoms with E-state index in [1.807, 2.05) is 56.3 Å². The minimum atomic E-state index is -0.494. The van der Waals surface area contributed by atoms with Crippen molar-refractivity contribution in [1.82, 2.24) is 9.78 Å². The summed E-state index contributed by atoms with van der Waals surface area (Å²) in [6.07, 6.45) is 2.69. The van der Waals surface area contributed by atoms with Crippen LogP contribution < -0.4 is 10.6 Å². The van der Waals surface area contributed by atoms with Crippen molar-refractivity contribution in [2.45, 2.75) is 46.6 Å². The third kappa shape index (κ3) is 3.82. The van der Waals surface area contributed by atoms with Gasteiger partial charge in [-0.05, 0) is 60.6 Å². The monoisotopic (exact) mass is 474 g/mol. The van der Waals surface area contributed by atoms with Gasteiger partial charge >= 0.3 is 0 Å². The van der Waals surface area contributed by atoms with Gasteiger partial charge in [-0.1, -0.05) is 49.7 Å². The van der Waals surface area contributed by atoms with Gasteiger partial charge < -0.3 is 10.6 Å². The summed E-state index contributed by atoms with van der Waals surface area (Å²) in [6.45, 7) is 8.21. The number of benzene rings is 2. The molecule has 2 heterocycles. The molecule has 1 aliphatic carbocycles. The maximum Gasteiger partial charge on any atom is 0.261 e. The van der Waals surface area contributed by atoms with E-state index >= 15 is 0 Å². The molecule has 0 saturated heterocycles. The fourth-order valence-corrected chi connectivity index (χ4v) is 5.12. The second kappa shape index (κ2) is 8.13. The number of ketones is 1. The number of carbonyl (C=O) groups excluding carboxylic acids is 2. The summed E-state index contributed by atoms with van der Waals surface area (Å²) in [5.74, 6) is 0.377. The molecule has 7 heteroatoms. The predicted octanol–water partition coefficient (Wildman–Crippen LogP) is 6.06. The number of nitrogens with zero attached hydrogens (tertiary/aromatic N) is 2. The van der Waals surface area contributed by atoms with Crippen molar-refractivity contribution in [1.29, 1.82) is 0 Å². The van der Waals surface area contributed by atoms with Crippen LogP contribution >= 0.6 is 11.6 Å². The van der Waals surface area contributed by atoms with Crippen LogP contribution in [0.2, 0.25) is 5.02 Å². The molecule has 3 aromatic rings. The highest BCUT2D eigenvalue weighted by molar-refractivity contribution is 6.31. The molecule has 2 aromatic carbocycles. The van der Waals surface area contributed by atoms with Crippen molar-refractivity contribution in [3.05, 3.63) is 87.2 Å². The number of allylic oxidation sites excluding steroid dienone is 2. The van der Waals surface area contributed by atoms with E-state index in [0.29, 0.717) is 34.8 Å². The van der Waals surface area contributed by atoms with E-state index in [0.717, 1.165) is 28.1 Å². The van der Waals surface area contributed by atoms with Gasteiger partial charge in [-0.3, -0.25) is 9.59 Å². The molecule has 1 amide bonds. The Morgan fingerprint density at radius 3 is 2.65 bits per heavy atom. The Morgan fingerprint density at radius 1 is 1.15 bits per heavy atom. The second-order valence-corrected chi connectivity index (χ2v) is 10.4. The second-order valence-electron chi connectivity index (χ2n) is 9.99. The Morgan fingerprint density at radius 2 is 1.91 bits per heavy atom. The van der Waals surface area contributed by atoms with Crippen LogP contribution in [0.1, 0.15) is 59.8 Å². The lowest BCUT2D eigenvalue weighted by Crippen LogP contribution is -2.37. The number of carbonyl (C=O) groups is 2. The molecule has 0 spiro atoms. The van der Waals surface area contributed by atoms with Crippen LogP contribution in [0.4, 0.5) is 11.5 Å². The zero-order valence-electron chi connectivity index (χ0n) is 19.7. The molecule has 1 unspecified atom stereocenters. The molecular formula is C27H27ClN4O2. The molecule has 2 aliphatic rings. The number of amides is 1. The molecule has 0 bridgehead atoms. The summed E-state index contributed by atoms with van der Waals surface area (Å²) in [6, 6.07) is 12.8. The Balaban J connectivity index is 1.60. The Hall–Kier alpha value is -3.38. The SMILES string of the molecule is Cc1ccc(NC(=O)c2cnn3c2NC2=C(C(=O)CC(C)(C)C2)C3c2ccccc2Cl)cc1C. The maximum absolute atomic E-state index is 13.3. The number of hydrogen-bond donors (Lipinski definition) is 2. The van der Waals surface area contributed by atoms with Crippen LogP contribution in [0, 0.1) is 19.3 Å². The zero-order valence-corrected chi connectivity index (χ0v) is 20.5. The summed E-state index contributed by atoms with van der Waals surface area (Å²) >= 11 is 6.59. The highest BCUT2D eigenvalue weighted by Gasteiger charge is 2.42. The molecular weight excluding hydrogens is 448 g/mol. The van der Waals surface area contributed by atoms with Crippen molar-refractivity contribution < 1.29 is 9.59 Å². The maximum atomic E-state index is 13.3. The van der Waals surface area contributed by atoms with Gasteiger partial charge in [-0.2, -0.15) is 5.10 Å². The molecule has 1 aromatic heterocycles. The van der Waals surface area contributed by atoms with Gasteiger partial charge in [0.15, 0.2) is 5.78 Å². The van der Waals surface area contributed by atoms with Gasteiger partial charge in [0.05, 0.1) is 6.20 Å². The molecule has 0 fully saturated rings. The molecule has 34 heavy (non-hydrogen) atoms. The number of nitrogens with one attached hydrogen (secondary N) is 2. The number of aromatic nitrogens is 2. The first-order valence-electron chi connectivity index (χ1n) is 11.4. The number of halogens is 1. The number of Topliss-reactive ketones (excluding diaryl/α,β-unsaturated/α-hetero) is 1. The van der Waals surface area contributed by atoms with Crippen molar-refractivity contribution in [2.75, 3.05) is 10.6 Å². The van der Waals surface area contributed by atoms with E-state index in [1.165, 1.54) is 0 Å². The molecule has 1 atom stereocenters. The summed E-state index contributed by atoms with van der Waals surface area (Å²) in [4.78, 5) is 26.6. The molecule has 2 N–H and O–H groups in total. The lowest BCUT2D eigenvalue weighted by Gasteiger charge is -2.39. The Bertz CT molecular complexity index is 1370. The average Bonchev–Trinajstić information content (AvgIpc) is 3.18. The standard InChI is InChI=1S/C27H27ClN4O2/c1-15-9-10-17(11-16(15)2)30-26(34)19-14-29-32-24(18-7-5-6-8-20(18)28)23-21(31-25(19)32)12-27(3,4)13-22(23)33/h5-11,14,24,31H,12-13H2,1-4H3,(H,30,34). The van der Waals surface area contributed by atoms with Crippen LogP contribution in [-0.2, 0) is 4.79 Å². The topological polar surface area (TPSA) is 76.0 Å². The summed E-state index contributed by atoms with van der Waals surface area (Å²) in [5.41, 5.74) is 5.51.